The molecule has 19 heavy (non-hydrogen) atoms. The van der Waals surface area contributed by atoms with E-state index in [0.29, 0.717) is 18.0 Å². The molecule has 1 rings (SSSR count). The van der Waals surface area contributed by atoms with Gasteiger partial charge in [-0.15, -0.1) is 0 Å². The lowest BCUT2D eigenvalue weighted by Crippen LogP contribution is -2.48. The van der Waals surface area contributed by atoms with Crippen molar-refractivity contribution in [3.63, 3.8) is 0 Å². The molecular weight excluding hydrogens is 236 g/mol. The van der Waals surface area contributed by atoms with Crippen molar-refractivity contribution >= 4 is 0 Å². The molecule has 2 N–H and O–H groups in total. The van der Waals surface area contributed by atoms with E-state index in [4.69, 9.17) is 0 Å². The number of nitrogens with one attached hydrogen (secondary N) is 1. The van der Waals surface area contributed by atoms with Crippen LogP contribution in [0.5, 0.6) is 0 Å². The second kappa shape index (κ2) is 7.61. The number of rotatable bonds is 8. The molecule has 1 aliphatic rings. The van der Waals surface area contributed by atoms with Gasteiger partial charge in [0.2, 0.25) is 0 Å². The Morgan fingerprint density at radius 2 is 1.95 bits per heavy atom. The smallest absolute Gasteiger partial charge is 0.0613 e. The minimum Gasteiger partial charge on any atom is -0.394 e. The second-order valence-corrected chi connectivity index (χ2v) is 6.65. The lowest BCUT2D eigenvalue weighted by atomic mass is 9.97. The van der Waals surface area contributed by atoms with Crippen LogP contribution in [0.3, 0.4) is 0 Å². The summed E-state index contributed by atoms with van der Waals surface area (Å²) in [5.41, 5.74) is -0.0358. The van der Waals surface area contributed by atoms with Gasteiger partial charge < -0.3 is 10.4 Å². The predicted octanol–water partition coefficient (Wildman–Crippen LogP) is 2.64. The highest BCUT2D eigenvalue weighted by Crippen LogP contribution is 2.34. The van der Waals surface area contributed by atoms with Crippen LogP contribution in [0.2, 0.25) is 0 Å². The van der Waals surface area contributed by atoms with Crippen LogP contribution in [-0.4, -0.2) is 47.8 Å². The number of hydrogen-bond acceptors (Lipinski definition) is 3. The van der Waals surface area contributed by atoms with Crippen LogP contribution in [0.15, 0.2) is 0 Å². The van der Waals surface area contributed by atoms with E-state index in [0.717, 1.165) is 12.8 Å². The van der Waals surface area contributed by atoms with E-state index in [1.165, 1.54) is 25.8 Å². The van der Waals surface area contributed by atoms with Crippen molar-refractivity contribution in [3.05, 3.63) is 0 Å². The first-order valence-electron chi connectivity index (χ1n) is 8.07. The summed E-state index contributed by atoms with van der Waals surface area (Å²) >= 11 is 0. The van der Waals surface area contributed by atoms with Crippen molar-refractivity contribution in [3.8, 4) is 0 Å². The molecule has 1 saturated carbocycles. The van der Waals surface area contributed by atoms with Gasteiger partial charge in [0.1, 0.15) is 0 Å². The molecule has 0 aromatic heterocycles. The minimum absolute atomic E-state index is 0.0358. The topological polar surface area (TPSA) is 35.5 Å². The molecule has 0 aromatic rings. The molecule has 0 bridgehead atoms. The Hall–Kier alpha value is -0.120. The highest BCUT2D eigenvalue weighted by Gasteiger charge is 2.40. The van der Waals surface area contributed by atoms with Crippen molar-refractivity contribution in [2.24, 2.45) is 5.92 Å². The lowest BCUT2D eigenvalue weighted by Gasteiger charge is -2.38. The maximum Gasteiger partial charge on any atom is 0.0613 e. The molecule has 0 spiro atoms. The van der Waals surface area contributed by atoms with Gasteiger partial charge in [0.05, 0.1) is 6.61 Å². The maximum absolute atomic E-state index is 9.67. The van der Waals surface area contributed by atoms with Gasteiger partial charge in [-0.3, -0.25) is 4.90 Å². The van der Waals surface area contributed by atoms with Crippen LogP contribution in [0, 0.1) is 5.92 Å². The van der Waals surface area contributed by atoms with Crippen LogP contribution in [0.25, 0.3) is 0 Å². The number of hydrogen-bond donors (Lipinski definition) is 2. The zero-order chi connectivity index (χ0) is 14.5. The zero-order valence-electron chi connectivity index (χ0n) is 13.6. The van der Waals surface area contributed by atoms with Gasteiger partial charge in [0.25, 0.3) is 0 Å². The molecule has 0 radical (unpaired) electrons. The van der Waals surface area contributed by atoms with E-state index in [1.54, 1.807) is 0 Å². The first-order valence-corrected chi connectivity index (χ1v) is 8.07. The average molecular weight is 270 g/mol. The van der Waals surface area contributed by atoms with E-state index in [2.05, 4.69) is 37.9 Å². The molecule has 0 aliphatic heterocycles. The standard InChI is InChI=1S/C16H34N2O/c1-6-14(7-2)18(11-13(3)4)15-8-9-16(10-15,12-19)17-5/h13-15,17,19H,6-12H2,1-5H3. The molecule has 0 saturated heterocycles. The van der Waals surface area contributed by atoms with Gasteiger partial charge in [0.15, 0.2) is 0 Å². The van der Waals surface area contributed by atoms with E-state index >= 15 is 0 Å². The van der Waals surface area contributed by atoms with Gasteiger partial charge in [-0.1, -0.05) is 27.7 Å². The van der Waals surface area contributed by atoms with Crippen LogP contribution in [0.1, 0.15) is 59.8 Å². The molecule has 3 heteroatoms. The Labute approximate surface area is 119 Å². The predicted molar refractivity (Wildman–Crippen MR) is 82.4 cm³/mol. The first kappa shape index (κ1) is 16.9. The third-order valence-electron chi connectivity index (χ3n) is 4.87. The van der Waals surface area contributed by atoms with E-state index in [1.807, 2.05) is 7.05 Å². The maximum atomic E-state index is 9.67. The largest absolute Gasteiger partial charge is 0.394 e. The lowest BCUT2D eigenvalue weighted by molar-refractivity contribution is 0.0976. The Morgan fingerprint density at radius 1 is 1.32 bits per heavy atom. The monoisotopic (exact) mass is 270 g/mol. The summed E-state index contributed by atoms with van der Waals surface area (Å²) in [4.78, 5) is 2.72. The summed E-state index contributed by atoms with van der Waals surface area (Å²) in [6.07, 6.45) is 5.85. The molecule has 1 aliphatic carbocycles. The molecule has 0 aromatic carbocycles. The van der Waals surface area contributed by atoms with E-state index in [-0.39, 0.29) is 12.1 Å². The number of aliphatic hydroxyl groups is 1. The Bertz CT molecular complexity index is 247. The van der Waals surface area contributed by atoms with Crippen molar-refractivity contribution in [2.75, 3.05) is 20.2 Å². The summed E-state index contributed by atoms with van der Waals surface area (Å²) in [6, 6.07) is 1.32. The normalized spacial score (nSPS) is 27.9. The molecule has 0 amide bonds. The van der Waals surface area contributed by atoms with Crippen molar-refractivity contribution in [2.45, 2.75) is 77.4 Å². The first-order chi connectivity index (χ1) is 9.01. The summed E-state index contributed by atoms with van der Waals surface area (Å²) in [5, 5.41) is 13.0. The highest BCUT2D eigenvalue weighted by atomic mass is 16.3. The Kier molecular flexibility index (Phi) is 6.78. The molecule has 0 heterocycles. The van der Waals surface area contributed by atoms with E-state index < -0.39 is 0 Å². The van der Waals surface area contributed by atoms with Gasteiger partial charge in [0, 0.05) is 24.2 Å². The molecule has 3 nitrogen and oxygen atoms in total. The van der Waals surface area contributed by atoms with Crippen LogP contribution < -0.4 is 5.32 Å². The van der Waals surface area contributed by atoms with Crippen molar-refractivity contribution in [1.29, 1.82) is 0 Å². The molecule has 114 valence electrons. The van der Waals surface area contributed by atoms with Gasteiger partial charge in [-0.05, 0) is 45.1 Å². The number of likely N-dealkylation sites (N-methyl/N-ethyl adjacent to an activating group) is 1. The fourth-order valence-electron chi connectivity index (χ4n) is 3.61. The second-order valence-electron chi connectivity index (χ2n) is 6.65. The zero-order valence-corrected chi connectivity index (χ0v) is 13.6. The fraction of sp³-hybridized carbons (Fsp3) is 1.00. The van der Waals surface area contributed by atoms with Crippen molar-refractivity contribution in [1.82, 2.24) is 10.2 Å². The number of aliphatic hydroxyl groups excluding tert-OH is 1. The quantitative estimate of drug-likeness (QED) is 0.712. The van der Waals surface area contributed by atoms with Crippen LogP contribution in [0.4, 0.5) is 0 Å². The van der Waals surface area contributed by atoms with Crippen LogP contribution in [-0.2, 0) is 0 Å². The molecular formula is C16H34N2O. The highest BCUT2D eigenvalue weighted by molar-refractivity contribution is 4.99. The summed E-state index contributed by atoms with van der Waals surface area (Å²) in [5.74, 6) is 0.708. The van der Waals surface area contributed by atoms with Gasteiger partial charge in [-0.25, -0.2) is 0 Å². The number of nitrogens with zero attached hydrogens (tertiary/aromatic N) is 1. The average Bonchev–Trinajstić information content (AvgIpc) is 2.83. The van der Waals surface area contributed by atoms with E-state index in [9.17, 15) is 5.11 Å². The summed E-state index contributed by atoms with van der Waals surface area (Å²) < 4.78 is 0. The Morgan fingerprint density at radius 3 is 2.32 bits per heavy atom. The van der Waals surface area contributed by atoms with Crippen molar-refractivity contribution < 1.29 is 5.11 Å². The Balaban J connectivity index is 2.76. The minimum atomic E-state index is -0.0358. The SMILES string of the molecule is CCC(CC)N(CC(C)C)C1CCC(CO)(NC)C1. The summed E-state index contributed by atoms with van der Waals surface area (Å²) in [6.45, 7) is 10.7. The fourth-order valence-corrected chi connectivity index (χ4v) is 3.61. The molecule has 2 atom stereocenters. The molecule has 1 fully saturated rings. The van der Waals surface area contributed by atoms with Crippen LogP contribution >= 0.6 is 0 Å². The third kappa shape index (κ3) is 4.17. The molecule has 2 unspecified atom stereocenters. The summed E-state index contributed by atoms with van der Waals surface area (Å²) in [7, 11) is 1.99. The van der Waals surface area contributed by atoms with Gasteiger partial charge in [-0.2, -0.15) is 0 Å². The van der Waals surface area contributed by atoms with Gasteiger partial charge >= 0.3 is 0 Å². The third-order valence-corrected chi connectivity index (χ3v) is 4.87.